The summed E-state index contributed by atoms with van der Waals surface area (Å²) in [5.74, 6) is -0.111. The standard InChI is InChI=1S/C25H27FN2O4/c26-21-5-3-4-17(14-21)9-12-27(25(31)32)11-2-1-6-22(29)20-15-18-7-8-23(30)28-13-10-19(16-20)24(18)28/h3-5,14-16H,1-2,6-13H2,(H,31,32). The van der Waals surface area contributed by atoms with E-state index in [2.05, 4.69) is 0 Å². The number of unbranched alkanes of at least 4 members (excludes halogenated alkanes) is 1. The molecule has 0 unspecified atom stereocenters. The first-order valence-corrected chi connectivity index (χ1v) is 11.1. The lowest BCUT2D eigenvalue weighted by Crippen LogP contribution is -2.33. The molecule has 2 aromatic carbocycles. The van der Waals surface area contributed by atoms with Crippen LogP contribution in [0.2, 0.25) is 0 Å². The number of hydrogen-bond donors (Lipinski definition) is 1. The Labute approximate surface area is 186 Å². The van der Waals surface area contributed by atoms with Gasteiger partial charge in [-0.1, -0.05) is 12.1 Å². The maximum Gasteiger partial charge on any atom is 0.407 e. The first-order chi connectivity index (χ1) is 15.4. The molecule has 0 bridgehead atoms. The van der Waals surface area contributed by atoms with Gasteiger partial charge in [0.05, 0.1) is 5.69 Å². The van der Waals surface area contributed by atoms with Crippen LogP contribution in [0.1, 0.15) is 52.7 Å². The highest BCUT2D eigenvalue weighted by Crippen LogP contribution is 2.37. The maximum atomic E-state index is 13.3. The lowest BCUT2D eigenvalue weighted by atomic mass is 9.94. The van der Waals surface area contributed by atoms with E-state index in [4.69, 9.17) is 0 Å². The summed E-state index contributed by atoms with van der Waals surface area (Å²) in [6, 6.07) is 10.0. The van der Waals surface area contributed by atoms with Crippen LogP contribution in [0, 0.1) is 5.82 Å². The largest absolute Gasteiger partial charge is 0.465 e. The van der Waals surface area contributed by atoms with Crippen molar-refractivity contribution in [1.82, 2.24) is 4.90 Å². The number of nitrogens with zero attached hydrogens (tertiary/aromatic N) is 2. The molecule has 0 fully saturated rings. The Morgan fingerprint density at radius 2 is 1.81 bits per heavy atom. The van der Waals surface area contributed by atoms with E-state index in [1.165, 1.54) is 17.0 Å². The van der Waals surface area contributed by atoms with Gasteiger partial charge in [-0.15, -0.1) is 0 Å². The molecule has 1 N–H and O–H groups in total. The van der Waals surface area contributed by atoms with Crippen molar-refractivity contribution in [3.63, 3.8) is 0 Å². The molecular weight excluding hydrogens is 411 g/mol. The predicted octanol–water partition coefficient (Wildman–Crippen LogP) is 4.24. The van der Waals surface area contributed by atoms with Crippen LogP contribution in [0.15, 0.2) is 36.4 Å². The lowest BCUT2D eigenvalue weighted by molar-refractivity contribution is -0.118. The van der Waals surface area contributed by atoms with Crippen molar-refractivity contribution in [2.24, 2.45) is 0 Å². The smallest absolute Gasteiger partial charge is 0.407 e. The number of carbonyl (C=O) groups is 3. The predicted molar refractivity (Wildman–Crippen MR) is 119 cm³/mol. The molecule has 2 aliphatic rings. The van der Waals surface area contributed by atoms with Crippen LogP contribution in [0.5, 0.6) is 0 Å². The Hall–Kier alpha value is -3.22. The average molecular weight is 438 g/mol. The van der Waals surface area contributed by atoms with Gasteiger partial charge in [0.2, 0.25) is 5.91 Å². The third kappa shape index (κ3) is 4.82. The van der Waals surface area contributed by atoms with Crippen molar-refractivity contribution >= 4 is 23.5 Å². The number of hydrogen-bond acceptors (Lipinski definition) is 3. The zero-order valence-electron chi connectivity index (χ0n) is 18.0. The second-order valence-electron chi connectivity index (χ2n) is 8.47. The van der Waals surface area contributed by atoms with Gasteiger partial charge < -0.3 is 14.9 Å². The van der Waals surface area contributed by atoms with E-state index in [1.54, 1.807) is 12.1 Å². The number of ketones is 1. The summed E-state index contributed by atoms with van der Waals surface area (Å²) in [6.07, 6.45) is 2.93. The van der Waals surface area contributed by atoms with Crippen LogP contribution in [0.3, 0.4) is 0 Å². The fourth-order valence-electron chi connectivity index (χ4n) is 4.61. The quantitative estimate of drug-likeness (QED) is 0.469. The molecule has 0 saturated carbocycles. The first-order valence-electron chi connectivity index (χ1n) is 11.1. The number of carboxylic acid groups (broad SMARTS) is 1. The van der Waals surface area contributed by atoms with Crippen LogP contribution in [-0.4, -0.2) is 47.4 Å². The molecule has 6 nitrogen and oxygen atoms in total. The van der Waals surface area contributed by atoms with Gasteiger partial charge in [0.1, 0.15) is 5.82 Å². The van der Waals surface area contributed by atoms with Crippen molar-refractivity contribution < 1.29 is 23.9 Å². The van der Waals surface area contributed by atoms with E-state index < -0.39 is 6.09 Å². The van der Waals surface area contributed by atoms with Gasteiger partial charge in [-0.2, -0.15) is 0 Å². The molecule has 0 aromatic heterocycles. The number of rotatable bonds is 9. The first kappa shape index (κ1) is 22.0. The van der Waals surface area contributed by atoms with E-state index in [-0.39, 0.29) is 24.1 Å². The minimum absolute atomic E-state index is 0.0565. The van der Waals surface area contributed by atoms with Gasteiger partial charge >= 0.3 is 6.09 Å². The number of carbonyl (C=O) groups excluding carboxylic acids is 2. The van der Waals surface area contributed by atoms with Gasteiger partial charge in [0.15, 0.2) is 5.78 Å². The number of Topliss-reactive ketones (excluding diaryl/α,β-unsaturated/α-hetero) is 1. The highest BCUT2D eigenvalue weighted by molar-refractivity contribution is 6.02. The molecule has 2 amide bonds. The van der Waals surface area contributed by atoms with Gasteiger partial charge in [0.25, 0.3) is 0 Å². The highest BCUT2D eigenvalue weighted by atomic mass is 19.1. The van der Waals surface area contributed by atoms with E-state index in [0.29, 0.717) is 57.2 Å². The summed E-state index contributed by atoms with van der Waals surface area (Å²) in [6.45, 7) is 1.32. The van der Waals surface area contributed by atoms with Crippen molar-refractivity contribution in [3.8, 4) is 0 Å². The van der Waals surface area contributed by atoms with Crippen LogP contribution in [-0.2, 0) is 24.1 Å². The number of benzene rings is 2. The molecule has 32 heavy (non-hydrogen) atoms. The monoisotopic (exact) mass is 438 g/mol. The zero-order chi connectivity index (χ0) is 22.7. The zero-order valence-corrected chi connectivity index (χ0v) is 18.0. The molecule has 0 saturated heterocycles. The molecule has 2 aromatic rings. The van der Waals surface area contributed by atoms with Crippen LogP contribution in [0.25, 0.3) is 0 Å². The summed E-state index contributed by atoms with van der Waals surface area (Å²) >= 11 is 0. The minimum Gasteiger partial charge on any atom is -0.465 e. The molecule has 2 heterocycles. The van der Waals surface area contributed by atoms with Gasteiger partial charge in [-0.25, -0.2) is 9.18 Å². The maximum absolute atomic E-state index is 13.3. The third-order valence-electron chi connectivity index (χ3n) is 6.29. The molecule has 4 rings (SSSR count). The Kier molecular flexibility index (Phi) is 6.53. The van der Waals surface area contributed by atoms with Crippen molar-refractivity contribution in [1.29, 1.82) is 0 Å². The van der Waals surface area contributed by atoms with Crippen molar-refractivity contribution in [3.05, 3.63) is 64.5 Å². The molecule has 7 heteroatoms. The minimum atomic E-state index is -1.01. The van der Waals surface area contributed by atoms with E-state index in [9.17, 15) is 23.9 Å². The SMILES string of the molecule is O=C(CCCCN(CCc1cccc(F)c1)C(=O)O)c1cc2c3c(c1)CCN3C(=O)CC2. The average Bonchev–Trinajstić information content (AvgIpc) is 3.20. The van der Waals surface area contributed by atoms with Crippen LogP contribution < -0.4 is 4.90 Å². The van der Waals surface area contributed by atoms with E-state index in [1.807, 2.05) is 17.0 Å². The fourth-order valence-corrected chi connectivity index (χ4v) is 4.61. The molecule has 0 atom stereocenters. The normalized spacial score (nSPS) is 14.4. The summed E-state index contributed by atoms with van der Waals surface area (Å²) in [5, 5.41) is 9.44. The van der Waals surface area contributed by atoms with Crippen LogP contribution >= 0.6 is 0 Å². The Morgan fingerprint density at radius 3 is 2.56 bits per heavy atom. The summed E-state index contributed by atoms with van der Waals surface area (Å²) < 4.78 is 13.3. The van der Waals surface area contributed by atoms with Crippen molar-refractivity contribution in [2.75, 3.05) is 24.5 Å². The Morgan fingerprint density at radius 1 is 1.03 bits per heavy atom. The number of anilines is 1. The third-order valence-corrected chi connectivity index (χ3v) is 6.29. The second kappa shape index (κ2) is 9.51. The summed E-state index contributed by atoms with van der Waals surface area (Å²) in [7, 11) is 0. The topological polar surface area (TPSA) is 77.9 Å². The van der Waals surface area contributed by atoms with Gasteiger partial charge in [-0.05, 0) is 73.1 Å². The lowest BCUT2D eigenvalue weighted by Gasteiger charge is -2.25. The number of amides is 2. The summed E-state index contributed by atoms with van der Waals surface area (Å²) in [4.78, 5) is 39.5. The molecule has 0 radical (unpaired) electrons. The fraction of sp³-hybridized carbons (Fsp3) is 0.400. The molecular formula is C25H27FN2O4. The van der Waals surface area contributed by atoms with E-state index >= 15 is 0 Å². The summed E-state index contributed by atoms with van der Waals surface area (Å²) in [5.41, 5.74) is 4.61. The molecule has 0 spiro atoms. The van der Waals surface area contributed by atoms with Gasteiger partial charge in [-0.3, -0.25) is 9.59 Å². The molecule has 168 valence electrons. The number of halogens is 1. The highest BCUT2D eigenvalue weighted by Gasteiger charge is 2.31. The Bertz CT molecular complexity index is 1050. The molecule has 2 aliphatic heterocycles. The Balaban J connectivity index is 1.28. The second-order valence-corrected chi connectivity index (χ2v) is 8.47. The molecule has 0 aliphatic carbocycles. The van der Waals surface area contributed by atoms with Crippen molar-refractivity contribution in [2.45, 2.75) is 44.9 Å². The number of aryl methyl sites for hydroxylation is 1. The van der Waals surface area contributed by atoms with Gasteiger partial charge in [0, 0.05) is 38.0 Å². The van der Waals surface area contributed by atoms with Crippen LogP contribution in [0.4, 0.5) is 14.9 Å². The van der Waals surface area contributed by atoms with E-state index in [0.717, 1.165) is 28.8 Å².